The Hall–Kier alpha value is -8.44. The highest BCUT2D eigenvalue weighted by molar-refractivity contribution is 7.12. The van der Waals surface area contributed by atoms with Crippen LogP contribution in [-0.4, -0.2) is 17.0 Å². The van der Waals surface area contributed by atoms with Crippen molar-refractivity contribution in [2.24, 2.45) is 0 Å². The lowest BCUT2D eigenvalue weighted by Gasteiger charge is -2.40. The van der Waals surface area contributed by atoms with Crippen LogP contribution in [0.5, 0.6) is 0 Å². The zero-order valence-electron chi connectivity index (χ0n) is 38.8. The van der Waals surface area contributed by atoms with E-state index in [9.17, 15) is 0 Å². The van der Waals surface area contributed by atoms with Crippen LogP contribution in [0.15, 0.2) is 265 Å². The molecule has 0 spiro atoms. The minimum atomic E-state index is -2.56. The third-order valence-corrected chi connectivity index (χ3v) is 20.6. The van der Waals surface area contributed by atoms with Crippen molar-refractivity contribution < 1.29 is 0 Å². The van der Waals surface area contributed by atoms with E-state index in [-0.39, 0.29) is 0 Å². The summed E-state index contributed by atoms with van der Waals surface area (Å²) in [4.78, 5) is 2.56. The van der Waals surface area contributed by atoms with Gasteiger partial charge in [-0.2, -0.15) is 0 Å². The van der Waals surface area contributed by atoms with Crippen molar-refractivity contribution in [1.29, 1.82) is 0 Å². The summed E-state index contributed by atoms with van der Waals surface area (Å²) >= 11 is 0. The highest BCUT2D eigenvalue weighted by atomic mass is 28.3. The summed E-state index contributed by atoms with van der Waals surface area (Å²) < 4.78 is 4.87. The number of anilines is 2. The van der Waals surface area contributed by atoms with E-state index in [0.29, 0.717) is 0 Å². The third-order valence-electron chi connectivity index (χ3n) is 15.4. The number of rotatable bonds is 9. The molecule has 332 valence electrons. The second kappa shape index (κ2) is 16.4. The first-order valence-corrected chi connectivity index (χ1v) is 26.8. The number of fused-ring (bicyclic) bond motifs is 9. The smallest absolute Gasteiger partial charge is 0.171 e. The molecule has 4 heteroatoms. The Bertz CT molecular complexity index is 3920. The van der Waals surface area contributed by atoms with Crippen molar-refractivity contribution in [1.82, 2.24) is 8.97 Å². The van der Waals surface area contributed by atoms with E-state index < -0.39 is 8.07 Å². The molecule has 9 aromatic carbocycles. The van der Waals surface area contributed by atoms with Crippen LogP contribution in [0.2, 0.25) is 0 Å². The summed E-state index contributed by atoms with van der Waals surface area (Å²) in [7, 11) is -2.56. The predicted octanol–water partition coefficient (Wildman–Crippen LogP) is 16.0. The summed E-state index contributed by atoms with van der Waals surface area (Å²) in [6.07, 6.45) is 16.1. The molecule has 2 aliphatic rings. The van der Waals surface area contributed by atoms with E-state index >= 15 is 0 Å². The molecule has 70 heavy (non-hydrogen) atoms. The van der Waals surface area contributed by atoms with Crippen molar-refractivity contribution >= 4 is 89.7 Å². The molecule has 0 atom stereocenters. The molecule has 0 radical (unpaired) electrons. The number of nitrogens with zero attached hydrogens (tertiary/aromatic N) is 3. The third kappa shape index (κ3) is 6.20. The minimum Gasteiger partial charge on any atom is -0.314 e. The van der Waals surface area contributed by atoms with Crippen LogP contribution in [0.25, 0.3) is 76.7 Å². The normalized spacial score (nSPS) is 14.3. The van der Waals surface area contributed by atoms with Gasteiger partial charge in [-0.25, -0.2) is 0 Å². The largest absolute Gasteiger partial charge is 0.314 e. The topological polar surface area (TPSA) is 12.6 Å². The average Bonchev–Trinajstić information content (AvgIpc) is 4.08. The first-order chi connectivity index (χ1) is 34.7. The molecular formula is C66H49N3Si. The monoisotopic (exact) mass is 911 g/mol. The van der Waals surface area contributed by atoms with Gasteiger partial charge in [0.25, 0.3) is 0 Å². The molecule has 0 saturated carbocycles. The summed E-state index contributed by atoms with van der Waals surface area (Å²) in [6, 6.07) is 81.5. The molecule has 0 aliphatic heterocycles. The van der Waals surface area contributed by atoms with Crippen molar-refractivity contribution in [2.45, 2.75) is 25.7 Å². The van der Waals surface area contributed by atoms with Gasteiger partial charge in [0.15, 0.2) is 8.07 Å². The fourth-order valence-corrected chi connectivity index (χ4v) is 17.7. The maximum Gasteiger partial charge on any atom is 0.171 e. The van der Waals surface area contributed by atoms with Gasteiger partial charge in [0.2, 0.25) is 0 Å². The van der Waals surface area contributed by atoms with E-state index in [1.165, 1.54) is 92.8 Å². The highest BCUT2D eigenvalue weighted by Crippen LogP contribution is 2.45. The molecule has 0 fully saturated rings. The Balaban J connectivity index is 0.923. The Labute approximate surface area is 408 Å². The van der Waals surface area contributed by atoms with Gasteiger partial charge in [0.05, 0.1) is 27.6 Å². The van der Waals surface area contributed by atoms with Crippen LogP contribution in [0.4, 0.5) is 11.4 Å². The van der Waals surface area contributed by atoms with Crippen molar-refractivity contribution in [3.63, 3.8) is 0 Å². The summed E-state index contributed by atoms with van der Waals surface area (Å²) in [5.41, 5.74) is 13.4. The molecule has 3 nitrogen and oxygen atoms in total. The lowest BCUT2D eigenvalue weighted by molar-refractivity contribution is 0.899. The molecule has 12 aromatic rings. The summed E-state index contributed by atoms with van der Waals surface area (Å²) in [5, 5.41) is 13.8. The zero-order valence-corrected chi connectivity index (χ0v) is 39.8. The van der Waals surface area contributed by atoms with Gasteiger partial charge in [-0.1, -0.05) is 192 Å². The van der Waals surface area contributed by atoms with E-state index in [0.717, 1.165) is 37.1 Å². The molecule has 0 amide bonds. The van der Waals surface area contributed by atoms with Gasteiger partial charge in [0.1, 0.15) is 0 Å². The summed E-state index contributed by atoms with van der Waals surface area (Å²) in [5.74, 6) is 0. The standard InChI is InChI=1S/C66H49N3Si/c1-4-18-52(19-5-1)70(53-20-6-2-7-21-53,54-22-8-3-9-23-54)55-42-40-49(41-43-55)67(51-44-60-58-26-12-16-30-64(58)69-65-31-17-13-27-59(65)61(45-51)66(60)69)48-36-32-46(33-37-48)47-34-38-50(39-35-47)68-62-28-14-10-24-56(62)57-25-11-15-29-63(57)68/h1-8,10-22,24-40,42,44-45H,9,23,41,43H2. The second-order valence-corrected chi connectivity index (χ2v) is 23.0. The Morgan fingerprint density at radius 1 is 0.386 bits per heavy atom. The maximum absolute atomic E-state index is 2.56. The number of para-hydroxylation sites is 4. The molecule has 0 unspecified atom stereocenters. The quantitative estimate of drug-likeness (QED) is 0.131. The molecular weight excluding hydrogens is 863 g/mol. The van der Waals surface area contributed by atoms with Crippen LogP contribution in [0, 0.1) is 0 Å². The minimum absolute atomic E-state index is 0.918. The van der Waals surface area contributed by atoms with Gasteiger partial charge < -0.3 is 13.9 Å². The van der Waals surface area contributed by atoms with Crippen LogP contribution in [0.3, 0.4) is 0 Å². The van der Waals surface area contributed by atoms with Crippen LogP contribution >= 0.6 is 0 Å². The summed E-state index contributed by atoms with van der Waals surface area (Å²) in [6.45, 7) is 0. The number of hydrogen-bond acceptors (Lipinski definition) is 1. The number of benzene rings is 9. The van der Waals surface area contributed by atoms with E-state index in [2.05, 4.69) is 263 Å². The molecule has 0 N–H and O–H groups in total. The lowest BCUT2D eigenvalue weighted by Crippen LogP contribution is -2.62. The number of hydrogen-bond donors (Lipinski definition) is 0. The van der Waals surface area contributed by atoms with Crippen molar-refractivity contribution in [2.75, 3.05) is 4.90 Å². The lowest BCUT2D eigenvalue weighted by atomic mass is 10.0. The first-order valence-electron chi connectivity index (χ1n) is 24.8. The SMILES string of the molecule is C1=CCCC([Si](C2=CC=C(N(c3ccc(-c4ccc(-n5c6ccccc6c6ccccc65)cc4)cc3)c3cc4c5ccccc5n5c6ccccc6c(c3)c45)CC2)(c2ccccc2)c2ccccc2)=C1. The van der Waals surface area contributed by atoms with Gasteiger partial charge in [-0.05, 0) is 114 Å². The van der Waals surface area contributed by atoms with Crippen LogP contribution in [-0.2, 0) is 0 Å². The van der Waals surface area contributed by atoms with E-state index in [1.807, 2.05) is 0 Å². The predicted molar refractivity (Wildman–Crippen MR) is 299 cm³/mol. The highest BCUT2D eigenvalue weighted by Gasteiger charge is 2.44. The van der Waals surface area contributed by atoms with Gasteiger partial charge >= 0.3 is 0 Å². The molecule has 14 rings (SSSR count). The second-order valence-electron chi connectivity index (χ2n) is 19.0. The molecule has 3 heterocycles. The van der Waals surface area contributed by atoms with E-state index in [4.69, 9.17) is 0 Å². The van der Waals surface area contributed by atoms with E-state index in [1.54, 1.807) is 10.4 Å². The molecule has 0 bridgehead atoms. The van der Waals surface area contributed by atoms with Crippen molar-refractivity contribution in [3.05, 3.63) is 265 Å². The molecule has 0 saturated heterocycles. The average molecular weight is 912 g/mol. The number of allylic oxidation sites excluding steroid dienone is 8. The van der Waals surface area contributed by atoms with Crippen molar-refractivity contribution in [3.8, 4) is 16.8 Å². The van der Waals surface area contributed by atoms with Gasteiger partial charge in [0, 0.05) is 55.1 Å². The maximum atomic E-state index is 2.56. The zero-order chi connectivity index (χ0) is 46.2. The van der Waals surface area contributed by atoms with Crippen LogP contribution in [0.1, 0.15) is 25.7 Å². The first kappa shape index (κ1) is 40.6. The molecule has 3 aromatic heterocycles. The Morgan fingerprint density at radius 3 is 1.39 bits per heavy atom. The molecule has 2 aliphatic carbocycles. The van der Waals surface area contributed by atoms with Gasteiger partial charge in [-0.15, -0.1) is 0 Å². The Kier molecular flexibility index (Phi) is 9.50. The fraction of sp³-hybridized carbons (Fsp3) is 0.0606. The Morgan fingerprint density at radius 2 is 0.871 bits per heavy atom. The van der Waals surface area contributed by atoms with Gasteiger partial charge in [-0.3, -0.25) is 0 Å². The number of aromatic nitrogens is 2. The van der Waals surface area contributed by atoms with Crippen LogP contribution < -0.4 is 15.3 Å². The fourth-order valence-electron chi connectivity index (χ4n) is 12.4.